The number of nitrogens with one attached hydrogen (secondary N) is 1. The Morgan fingerprint density at radius 1 is 1.05 bits per heavy atom. The third-order valence-corrected chi connectivity index (χ3v) is 5.09. The lowest BCUT2D eigenvalue weighted by atomic mass is 10.2. The van der Waals surface area contributed by atoms with Crippen molar-refractivity contribution in [3.05, 3.63) is 57.8 Å². The fourth-order valence-corrected chi connectivity index (χ4v) is 3.99. The predicted molar refractivity (Wildman–Crippen MR) is 80.8 cm³/mol. The predicted octanol–water partition coefficient (Wildman–Crippen LogP) is 4.01. The Bertz CT molecular complexity index is 760. The van der Waals surface area contributed by atoms with Crippen LogP contribution in [0, 0.1) is 19.7 Å². The van der Waals surface area contributed by atoms with Crippen molar-refractivity contribution >= 4 is 31.6 Å². The summed E-state index contributed by atoms with van der Waals surface area (Å²) in [5.41, 5.74) is 1.59. The van der Waals surface area contributed by atoms with Crippen molar-refractivity contribution in [3.8, 4) is 0 Å². The normalized spacial score (nSPS) is 11.4. The maximum absolute atomic E-state index is 13.7. The van der Waals surface area contributed by atoms with Gasteiger partial charge in [0.2, 0.25) is 0 Å². The smallest absolute Gasteiger partial charge is 0.263 e. The van der Waals surface area contributed by atoms with Gasteiger partial charge in [-0.1, -0.05) is 12.1 Å². The van der Waals surface area contributed by atoms with E-state index in [0.29, 0.717) is 4.47 Å². The van der Waals surface area contributed by atoms with E-state index in [0.717, 1.165) is 11.1 Å². The van der Waals surface area contributed by atoms with Crippen LogP contribution in [0.5, 0.6) is 0 Å². The summed E-state index contributed by atoms with van der Waals surface area (Å²) in [6.45, 7) is 3.59. The largest absolute Gasteiger partial charge is 0.277 e. The van der Waals surface area contributed by atoms with Crippen LogP contribution in [-0.4, -0.2) is 8.42 Å². The average molecular weight is 358 g/mol. The molecule has 6 heteroatoms. The molecule has 0 fully saturated rings. The summed E-state index contributed by atoms with van der Waals surface area (Å²) < 4.78 is 40.9. The number of sulfonamides is 1. The minimum absolute atomic E-state index is 0.0666. The van der Waals surface area contributed by atoms with Crippen LogP contribution in [0.4, 0.5) is 10.1 Å². The minimum Gasteiger partial charge on any atom is -0.277 e. The molecule has 0 aliphatic heterocycles. The molecule has 20 heavy (non-hydrogen) atoms. The van der Waals surface area contributed by atoms with Gasteiger partial charge < -0.3 is 0 Å². The zero-order chi connectivity index (χ0) is 14.9. The second-order valence-electron chi connectivity index (χ2n) is 4.52. The van der Waals surface area contributed by atoms with E-state index < -0.39 is 15.8 Å². The fraction of sp³-hybridized carbons (Fsp3) is 0.143. The molecular formula is C14H13BrFNO2S. The van der Waals surface area contributed by atoms with Crippen LogP contribution < -0.4 is 4.72 Å². The van der Waals surface area contributed by atoms with Gasteiger partial charge in [-0.25, -0.2) is 12.8 Å². The monoisotopic (exact) mass is 357 g/mol. The second kappa shape index (κ2) is 5.54. The van der Waals surface area contributed by atoms with E-state index in [1.54, 1.807) is 25.1 Å². The van der Waals surface area contributed by atoms with Gasteiger partial charge in [0.15, 0.2) is 0 Å². The highest BCUT2D eigenvalue weighted by atomic mass is 79.9. The number of anilines is 1. The van der Waals surface area contributed by atoms with Crippen molar-refractivity contribution in [2.75, 3.05) is 4.72 Å². The van der Waals surface area contributed by atoms with Gasteiger partial charge in [-0.05, 0) is 65.2 Å². The minimum atomic E-state index is -3.83. The van der Waals surface area contributed by atoms with Gasteiger partial charge in [-0.15, -0.1) is 0 Å². The topological polar surface area (TPSA) is 46.2 Å². The summed E-state index contributed by atoms with van der Waals surface area (Å²) in [6, 6.07) is 9.19. The first-order chi connectivity index (χ1) is 9.29. The number of halogens is 2. The molecule has 0 unspecified atom stereocenters. The zero-order valence-electron chi connectivity index (χ0n) is 10.9. The standard InChI is InChI=1S/C14H13BrFNO2S/c1-9-4-6-14(11(15)7-9)20(18,19)17-13-5-3-10(2)8-12(13)16/h3-8,17H,1-2H3. The Morgan fingerprint density at radius 2 is 1.65 bits per heavy atom. The Hall–Kier alpha value is -1.40. The molecule has 0 amide bonds. The van der Waals surface area contributed by atoms with Crippen molar-refractivity contribution in [1.29, 1.82) is 0 Å². The van der Waals surface area contributed by atoms with E-state index in [1.165, 1.54) is 18.2 Å². The second-order valence-corrected chi connectivity index (χ2v) is 7.03. The molecule has 106 valence electrons. The van der Waals surface area contributed by atoms with Crippen molar-refractivity contribution in [1.82, 2.24) is 0 Å². The highest BCUT2D eigenvalue weighted by Gasteiger charge is 2.19. The Balaban J connectivity index is 2.41. The molecule has 0 aliphatic rings. The highest BCUT2D eigenvalue weighted by molar-refractivity contribution is 9.10. The van der Waals surface area contributed by atoms with E-state index >= 15 is 0 Å². The Morgan fingerprint density at radius 3 is 2.25 bits per heavy atom. The molecule has 0 heterocycles. The SMILES string of the molecule is Cc1ccc(NS(=O)(=O)c2ccc(C)cc2Br)c(F)c1. The fourth-order valence-electron chi connectivity index (χ4n) is 1.73. The van der Waals surface area contributed by atoms with E-state index in [4.69, 9.17) is 0 Å². The summed E-state index contributed by atoms with van der Waals surface area (Å²) in [4.78, 5) is 0.0723. The van der Waals surface area contributed by atoms with Gasteiger partial charge in [0.1, 0.15) is 10.7 Å². The molecule has 2 aromatic rings. The van der Waals surface area contributed by atoms with Gasteiger partial charge in [0.05, 0.1) is 5.69 Å². The highest BCUT2D eigenvalue weighted by Crippen LogP contribution is 2.26. The first kappa shape index (κ1) is 15.0. The van der Waals surface area contributed by atoms with Crippen LogP contribution in [0.2, 0.25) is 0 Å². The van der Waals surface area contributed by atoms with Gasteiger partial charge in [0, 0.05) is 4.47 Å². The van der Waals surface area contributed by atoms with E-state index in [9.17, 15) is 12.8 Å². The van der Waals surface area contributed by atoms with E-state index in [1.807, 2.05) is 6.92 Å². The Labute approximate surface area is 126 Å². The number of benzene rings is 2. The average Bonchev–Trinajstić information content (AvgIpc) is 2.32. The lowest BCUT2D eigenvalue weighted by molar-refractivity contribution is 0.598. The summed E-state index contributed by atoms with van der Waals surface area (Å²) in [5.74, 6) is -0.600. The van der Waals surface area contributed by atoms with Gasteiger partial charge in [-0.3, -0.25) is 4.72 Å². The molecule has 0 bridgehead atoms. The van der Waals surface area contributed by atoms with Crippen LogP contribution in [0.1, 0.15) is 11.1 Å². The molecular weight excluding hydrogens is 345 g/mol. The van der Waals surface area contributed by atoms with Crippen LogP contribution in [-0.2, 0) is 10.0 Å². The van der Waals surface area contributed by atoms with Crippen LogP contribution in [0.15, 0.2) is 45.8 Å². The number of aryl methyl sites for hydroxylation is 2. The maximum atomic E-state index is 13.7. The lowest BCUT2D eigenvalue weighted by Crippen LogP contribution is -2.14. The molecule has 0 saturated carbocycles. The summed E-state index contributed by atoms with van der Waals surface area (Å²) >= 11 is 3.21. The van der Waals surface area contributed by atoms with Gasteiger partial charge in [0.25, 0.3) is 10.0 Å². The molecule has 2 aromatic carbocycles. The molecule has 0 aromatic heterocycles. The van der Waals surface area contributed by atoms with Crippen LogP contribution in [0.3, 0.4) is 0 Å². The van der Waals surface area contributed by atoms with Crippen molar-refractivity contribution in [3.63, 3.8) is 0 Å². The molecule has 0 atom stereocenters. The zero-order valence-corrected chi connectivity index (χ0v) is 13.3. The summed E-state index contributed by atoms with van der Waals surface area (Å²) in [7, 11) is -3.83. The van der Waals surface area contributed by atoms with Gasteiger partial charge >= 0.3 is 0 Å². The summed E-state index contributed by atoms with van der Waals surface area (Å²) in [5, 5.41) is 0. The molecule has 2 rings (SSSR count). The third-order valence-electron chi connectivity index (χ3n) is 2.75. The van der Waals surface area contributed by atoms with Gasteiger partial charge in [-0.2, -0.15) is 0 Å². The Kier molecular flexibility index (Phi) is 4.15. The van der Waals surface area contributed by atoms with E-state index in [-0.39, 0.29) is 10.6 Å². The first-order valence-electron chi connectivity index (χ1n) is 5.85. The number of hydrogen-bond donors (Lipinski definition) is 1. The molecule has 0 saturated heterocycles. The third kappa shape index (κ3) is 3.19. The first-order valence-corrected chi connectivity index (χ1v) is 8.12. The van der Waals surface area contributed by atoms with Crippen LogP contribution >= 0.6 is 15.9 Å². The van der Waals surface area contributed by atoms with Crippen molar-refractivity contribution in [2.24, 2.45) is 0 Å². The molecule has 3 nitrogen and oxygen atoms in total. The maximum Gasteiger partial charge on any atom is 0.263 e. The lowest BCUT2D eigenvalue weighted by Gasteiger charge is -2.11. The molecule has 1 N–H and O–H groups in total. The summed E-state index contributed by atoms with van der Waals surface area (Å²) in [6.07, 6.45) is 0. The number of hydrogen-bond acceptors (Lipinski definition) is 2. The van der Waals surface area contributed by atoms with E-state index in [2.05, 4.69) is 20.7 Å². The number of rotatable bonds is 3. The van der Waals surface area contributed by atoms with Crippen LogP contribution in [0.25, 0.3) is 0 Å². The quantitative estimate of drug-likeness (QED) is 0.901. The molecule has 0 radical (unpaired) electrons. The molecule has 0 aliphatic carbocycles. The van der Waals surface area contributed by atoms with Crippen molar-refractivity contribution < 1.29 is 12.8 Å². The van der Waals surface area contributed by atoms with Crippen molar-refractivity contribution in [2.45, 2.75) is 18.7 Å². The molecule has 0 spiro atoms.